The summed E-state index contributed by atoms with van der Waals surface area (Å²) < 4.78 is 0. The van der Waals surface area contributed by atoms with Gasteiger partial charge < -0.3 is 5.73 Å². The van der Waals surface area contributed by atoms with E-state index in [4.69, 9.17) is 5.73 Å². The Morgan fingerprint density at radius 1 is 1.31 bits per heavy atom. The van der Waals surface area contributed by atoms with Crippen LogP contribution in [0.15, 0.2) is 12.3 Å². The maximum absolute atomic E-state index is 5.55. The van der Waals surface area contributed by atoms with E-state index in [1.54, 1.807) is 0 Å². The molecule has 1 heterocycles. The molecule has 2 nitrogen and oxygen atoms in total. The first-order chi connectivity index (χ1) is 6.42. The molecule has 0 unspecified atom stereocenters. The van der Waals surface area contributed by atoms with Gasteiger partial charge in [-0.3, -0.25) is 4.98 Å². The second-order valence-electron chi connectivity index (χ2n) is 3.64. The quantitative estimate of drug-likeness (QED) is 0.741. The van der Waals surface area contributed by atoms with E-state index in [0.29, 0.717) is 6.54 Å². The molecule has 2 heteroatoms. The van der Waals surface area contributed by atoms with Gasteiger partial charge in [-0.15, -0.1) is 0 Å². The number of hydrogen-bond donors (Lipinski definition) is 1. The minimum absolute atomic E-state index is 0.712. The van der Waals surface area contributed by atoms with Crippen LogP contribution in [0.1, 0.15) is 29.7 Å². The SMILES string of the molecule is NCCc1nccc2c1CCCC2. The number of aryl methyl sites for hydroxylation is 1. The van der Waals surface area contributed by atoms with Gasteiger partial charge in [0.15, 0.2) is 0 Å². The average molecular weight is 176 g/mol. The van der Waals surface area contributed by atoms with Crippen molar-refractivity contribution in [3.63, 3.8) is 0 Å². The van der Waals surface area contributed by atoms with E-state index in [-0.39, 0.29) is 0 Å². The van der Waals surface area contributed by atoms with Gasteiger partial charge in [-0.05, 0) is 49.4 Å². The van der Waals surface area contributed by atoms with Gasteiger partial charge in [-0.2, -0.15) is 0 Å². The van der Waals surface area contributed by atoms with E-state index in [0.717, 1.165) is 6.42 Å². The summed E-state index contributed by atoms with van der Waals surface area (Å²) in [5.41, 5.74) is 9.78. The molecule has 70 valence electrons. The number of hydrogen-bond acceptors (Lipinski definition) is 2. The highest BCUT2D eigenvalue weighted by molar-refractivity contribution is 5.32. The van der Waals surface area contributed by atoms with Crippen molar-refractivity contribution in [1.82, 2.24) is 4.98 Å². The van der Waals surface area contributed by atoms with Crippen LogP contribution < -0.4 is 5.73 Å². The summed E-state index contributed by atoms with van der Waals surface area (Å²) in [6.07, 6.45) is 7.95. The molecule has 0 saturated heterocycles. The molecule has 0 aromatic carbocycles. The summed E-state index contributed by atoms with van der Waals surface area (Å²) in [5.74, 6) is 0. The van der Waals surface area contributed by atoms with Crippen molar-refractivity contribution >= 4 is 0 Å². The Balaban J connectivity index is 2.34. The van der Waals surface area contributed by atoms with Crippen molar-refractivity contribution in [3.05, 3.63) is 29.1 Å². The molecule has 1 aliphatic carbocycles. The largest absolute Gasteiger partial charge is 0.330 e. The predicted molar refractivity (Wildman–Crippen MR) is 53.6 cm³/mol. The van der Waals surface area contributed by atoms with Gasteiger partial charge in [0.25, 0.3) is 0 Å². The average Bonchev–Trinajstić information content (AvgIpc) is 2.19. The number of fused-ring (bicyclic) bond motifs is 1. The number of pyridine rings is 1. The van der Waals surface area contributed by atoms with Crippen LogP contribution in [0, 0.1) is 0 Å². The second kappa shape index (κ2) is 3.88. The van der Waals surface area contributed by atoms with Crippen molar-refractivity contribution < 1.29 is 0 Å². The summed E-state index contributed by atoms with van der Waals surface area (Å²) in [6.45, 7) is 0.712. The van der Waals surface area contributed by atoms with Crippen LogP contribution >= 0.6 is 0 Å². The van der Waals surface area contributed by atoms with E-state index in [1.165, 1.54) is 42.5 Å². The fourth-order valence-electron chi connectivity index (χ4n) is 2.09. The third kappa shape index (κ3) is 1.73. The van der Waals surface area contributed by atoms with Gasteiger partial charge in [0.2, 0.25) is 0 Å². The minimum Gasteiger partial charge on any atom is -0.330 e. The highest BCUT2D eigenvalue weighted by atomic mass is 14.7. The normalized spacial score (nSPS) is 15.5. The molecule has 1 aromatic heterocycles. The zero-order valence-electron chi connectivity index (χ0n) is 7.92. The molecular weight excluding hydrogens is 160 g/mol. The lowest BCUT2D eigenvalue weighted by Crippen LogP contribution is -2.12. The van der Waals surface area contributed by atoms with E-state index in [9.17, 15) is 0 Å². The van der Waals surface area contributed by atoms with Crippen LogP contribution in [-0.2, 0) is 19.3 Å². The van der Waals surface area contributed by atoms with E-state index in [2.05, 4.69) is 11.1 Å². The molecule has 0 saturated carbocycles. The summed E-state index contributed by atoms with van der Waals surface area (Å²) in [6, 6.07) is 2.16. The highest BCUT2D eigenvalue weighted by Gasteiger charge is 2.12. The van der Waals surface area contributed by atoms with E-state index in [1.807, 2.05) is 6.20 Å². The molecule has 0 spiro atoms. The van der Waals surface area contributed by atoms with Crippen molar-refractivity contribution in [2.24, 2.45) is 5.73 Å². The van der Waals surface area contributed by atoms with Crippen LogP contribution in [0.2, 0.25) is 0 Å². The Labute approximate surface area is 79.2 Å². The molecular formula is C11H16N2. The fraction of sp³-hybridized carbons (Fsp3) is 0.545. The van der Waals surface area contributed by atoms with Crippen molar-refractivity contribution in [2.45, 2.75) is 32.1 Å². The first-order valence-corrected chi connectivity index (χ1v) is 5.07. The summed E-state index contributed by atoms with van der Waals surface area (Å²) in [5, 5.41) is 0. The summed E-state index contributed by atoms with van der Waals surface area (Å²) >= 11 is 0. The molecule has 1 aromatic rings. The van der Waals surface area contributed by atoms with Gasteiger partial charge in [0.05, 0.1) is 0 Å². The summed E-state index contributed by atoms with van der Waals surface area (Å²) in [7, 11) is 0. The third-order valence-electron chi connectivity index (χ3n) is 2.75. The van der Waals surface area contributed by atoms with Crippen molar-refractivity contribution in [1.29, 1.82) is 0 Å². The standard InChI is InChI=1S/C11H16N2/c12-7-5-11-10-4-2-1-3-9(10)6-8-13-11/h6,8H,1-5,7,12H2. The maximum atomic E-state index is 5.55. The smallest absolute Gasteiger partial charge is 0.0450 e. The number of aromatic nitrogens is 1. The van der Waals surface area contributed by atoms with Crippen LogP contribution in [0.25, 0.3) is 0 Å². The Morgan fingerprint density at radius 3 is 3.00 bits per heavy atom. The van der Waals surface area contributed by atoms with E-state index < -0.39 is 0 Å². The van der Waals surface area contributed by atoms with Gasteiger partial charge in [-0.1, -0.05) is 0 Å². The minimum atomic E-state index is 0.712. The van der Waals surface area contributed by atoms with E-state index >= 15 is 0 Å². The molecule has 2 N–H and O–H groups in total. The number of nitrogens with two attached hydrogens (primary N) is 1. The lowest BCUT2D eigenvalue weighted by Gasteiger charge is -2.17. The van der Waals surface area contributed by atoms with Crippen LogP contribution in [0.5, 0.6) is 0 Å². The predicted octanol–water partition coefficient (Wildman–Crippen LogP) is 1.46. The lowest BCUT2D eigenvalue weighted by atomic mass is 9.90. The van der Waals surface area contributed by atoms with Gasteiger partial charge in [0.1, 0.15) is 0 Å². The first kappa shape index (κ1) is 8.70. The molecule has 0 radical (unpaired) electrons. The maximum Gasteiger partial charge on any atom is 0.0450 e. The topological polar surface area (TPSA) is 38.9 Å². The molecule has 0 bridgehead atoms. The van der Waals surface area contributed by atoms with Crippen LogP contribution in [0.3, 0.4) is 0 Å². The summed E-state index contributed by atoms with van der Waals surface area (Å²) in [4.78, 5) is 4.40. The molecule has 2 rings (SSSR count). The van der Waals surface area contributed by atoms with Crippen molar-refractivity contribution in [2.75, 3.05) is 6.54 Å². The van der Waals surface area contributed by atoms with Crippen LogP contribution in [-0.4, -0.2) is 11.5 Å². The molecule has 0 amide bonds. The monoisotopic (exact) mass is 176 g/mol. The molecule has 0 fully saturated rings. The molecule has 1 aliphatic rings. The molecule has 0 atom stereocenters. The zero-order valence-corrected chi connectivity index (χ0v) is 7.92. The first-order valence-electron chi connectivity index (χ1n) is 5.07. The second-order valence-corrected chi connectivity index (χ2v) is 3.64. The van der Waals surface area contributed by atoms with Crippen LogP contribution in [0.4, 0.5) is 0 Å². The van der Waals surface area contributed by atoms with Crippen molar-refractivity contribution in [3.8, 4) is 0 Å². The number of rotatable bonds is 2. The fourth-order valence-corrected chi connectivity index (χ4v) is 2.09. The third-order valence-corrected chi connectivity index (χ3v) is 2.75. The Kier molecular flexibility index (Phi) is 2.60. The zero-order chi connectivity index (χ0) is 9.10. The highest BCUT2D eigenvalue weighted by Crippen LogP contribution is 2.22. The molecule has 0 aliphatic heterocycles. The van der Waals surface area contributed by atoms with Gasteiger partial charge >= 0.3 is 0 Å². The Bertz CT molecular complexity index is 294. The van der Waals surface area contributed by atoms with Gasteiger partial charge in [0, 0.05) is 18.3 Å². The van der Waals surface area contributed by atoms with Gasteiger partial charge in [-0.25, -0.2) is 0 Å². The lowest BCUT2D eigenvalue weighted by molar-refractivity contribution is 0.670. The Morgan fingerprint density at radius 2 is 2.15 bits per heavy atom. The number of nitrogens with zero attached hydrogens (tertiary/aromatic N) is 1. The molecule has 13 heavy (non-hydrogen) atoms. The Hall–Kier alpha value is -0.890.